The summed E-state index contributed by atoms with van der Waals surface area (Å²) >= 11 is 0. The Morgan fingerprint density at radius 2 is 0.419 bits per heavy atom. The molecule has 0 atom stereocenters. The van der Waals surface area contributed by atoms with E-state index in [0.717, 1.165) is 0 Å². The van der Waals surface area contributed by atoms with Gasteiger partial charge in [-0.2, -0.15) is 0 Å². The van der Waals surface area contributed by atoms with E-state index in [1.807, 2.05) is 121 Å². The van der Waals surface area contributed by atoms with Gasteiger partial charge < -0.3 is 76.4 Å². The number of hydrogen-bond acceptors (Lipinski definition) is 24. The largest absolute Gasteiger partial charge is 0.494 e. The number of ether oxygens (including phenoxy) is 12. The van der Waals surface area contributed by atoms with E-state index < -0.39 is 29.3 Å². The van der Waals surface area contributed by atoms with Crippen LogP contribution in [0.4, 0.5) is 0 Å². The van der Waals surface area contributed by atoms with Gasteiger partial charge in [-0.3, -0.25) is 38.4 Å². The zero-order valence-corrected chi connectivity index (χ0v) is 67.9. The van der Waals surface area contributed by atoms with Gasteiger partial charge in [0.1, 0.15) is 49.4 Å². The van der Waals surface area contributed by atoms with Crippen molar-refractivity contribution in [2.45, 2.75) is 51.4 Å². The molecule has 0 aliphatic carbocycles. The Balaban J connectivity index is 0.788. The first-order chi connectivity index (χ1) is 57.0. The molecule has 0 aliphatic rings. The van der Waals surface area contributed by atoms with E-state index in [1.54, 1.807) is 146 Å². The highest BCUT2D eigenvalue weighted by Gasteiger charge is 2.33. The van der Waals surface area contributed by atoms with Crippen LogP contribution in [0.15, 0.2) is 218 Å². The Labute approximate surface area is 687 Å². The fourth-order valence-corrected chi connectivity index (χ4v) is 12.1. The van der Waals surface area contributed by atoms with Gasteiger partial charge in [-0.25, -0.2) is 0 Å². The number of rotatable bonds is 60. The van der Waals surface area contributed by atoms with Crippen LogP contribution in [-0.2, 0) is 57.1 Å². The van der Waals surface area contributed by atoms with Crippen LogP contribution in [0.1, 0.15) is 115 Å². The molecule has 624 valence electrons. The van der Waals surface area contributed by atoms with Crippen molar-refractivity contribution in [3.8, 4) is 23.0 Å². The molecule has 8 aromatic rings. The molecule has 0 saturated carbocycles. The van der Waals surface area contributed by atoms with Gasteiger partial charge in [0.25, 0.3) is 0 Å². The number of esters is 4. The summed E-state index contributed by atoms with van der Waals surface area (Å²) in [5.41, 5.74) is 3.70. The molecule has 0 amide bonds. The smallest absolute Gasteiger partial charge is 0.307 e. The van der Waals surface area contributed by atoms with E-state index in [1.165, 1.54) is 0 Å². The van der Waals surface area contributed by atoms with Crippen molar-refractivity contribution in [1.82, 2.24) is 19.6 Å². The summed E-state index contributed by atoms with van der Waals surface area (Å²) in [5.74, 6) is 0.708. The standard InChI is InChI=1S/C93H112N4O20/c1-94(49-17-57-110-81-37-29-77(30-38-81)89(102)73-21-9-5-10-22-73)53-45-85(98)114-65-61-106-69-93(70-107-62-66-115-86(99)46-54-95(2)50-18-58-111-82-39-31-78(32-40-82)90(103)74-23-11-6-12-24-74,71-108-63-67-116-87(100)47-55-96(3)51-19-59-112-83-41-33-79(34-42-83)91(104)75-25-13-7-14-26-75)72-109-64-68-117-88(101)48-56-97(4)52-20-60-113-84-43-35-80(36-44-84)92(105)76-27-15-8-16-28-76/h5-16,21-44H,17-20,45-72H2,1-4H3. The fourth-order valence-electron chi connectivity index (χ4n) is 12.1. The van der Waals surface area contributed by atoms with Crippen LogP contribution in [0.3, 0.4) is 0 Å². The summed E-state index contributed by atoms with van der Waals surface area (Å²) in [5, 5.41) is 0. The molecule has 0 saturated heterocycles. The van der Waals surface area contributed by atoms with Crippen molar-refractivity contribution >= 4 is 47.0 Å². The second-order valence-electron chi connectivity index (χ2n) is 28.5. The van der Waals surface area contributed by atoms with Crippen molar-refractivity contribution < 1.29 is 95.2 Å². The summed E-state index contributed by atoms with van der Waals surface area (Å²) in [6.07, 6.45) is 3.29. The van der Waals surface area contributed by atoms with E-state index in [0.29, 0.717) is 172 Å². The van der Waals surface area contributed by atoms with Crippen molar-refractivity contribution in [2.24, 2.45) is 5.41 Å². The highest BCUT2D eigenvalue weighted by molar-refractivity contribution is 6.10. The van der Waals surface area contributed by atoms with Gasteiger partial charge in [-0.15, -0.1) is 0 Å². The second-order valence-corrected chi connectivity index (χ2v) is 28.5. The minimum absolute atomic E-state index is 0.00488. The monoisotopic (exact) mass is 1600 g/mol. The third kappa shape index (κ3) is 35.7. The Hall–Kier alpha value is -10.8. The van der Waals surface area contributed by atoms with Crippen molar-refractivity contribution in [3.63, 3.8) is 0 Å². The zero-order chi connectivity index (χ0) is 82.9. The van der Waals surface area contributed by atoms with Gasteiger partial charge in [-0.1, -0.05) is 121 Å². The third-order valence-electron chi connectivity index (χ3n) is 18.8. The van der Waals surface area contributed by atoms with Crippen LogP contribution in [0.2, 0.25) is 0 Å². The average molecular weight is 1610 g/mol. The van der Waals surface area contributed by atoms with Crippen molar-refractivity contribution in [2.75, 3.05) is 186 Å². The molecular weight excluding hydrogens is 1490 g/mol. The maximum Gasteiger partial charge on any atom is 0.307 e. The number of carbonyl (C=O) groups excluding carboxylic acids is 8. The SMILES string of the molecule is CN(CCCOc1ccc(C(=O)c2ccccc2)cc1)CCC(=O)OCCOCC(COCCOC(=O)CCN(C)CCCOc1ccc(C(=O)c2ccccc2)cc1)(COCCOC(=O)CCN(C)CCCOc1ccc(C(=O)c2ccccc2)cc1)COCCOC(=O)CCN(C)CCCOc1ccc(C(=O)c2ccccc2)cc1. The summed E-state index contributed by atoms with van der Waals surface area (Å²) in [7, 11) is 7.65. The molecule has 0 aromatic heterocycles. The summed E-state index contributed by atoms with van der Waals surface area (Å²) < 4.78 is 71.1. The molecule has 0 fully saturated rings. The fraction of sp³-hybridized carbons (Fsp3) is 0.398. The normalized spacial score (nSPS) is 11.4. The van der Waals surface area contributed by atoms with Crippen LogP contribution < -0.4 is 18.9 Å². The predicted molar refractivity (Wildman–Crippen MR) is 444 cm³/mol. The molecular formula is C93H112N4O20. The number of benzene rings is 8. The molecule has 24 heteroatoms. The molecule has 24 nitrogen and oxygen atoms in total. The predicted octanol–water partition coefficient (Wildman–Crippen LogP) is 12.3. The Morgan fingerprint density at radius 3 is 0.615 bits per heavy atom. The van der Waals surface area contributed by atoms with Crippen LogP contribution in [0.5, 0.6) is 23.0 Å². The minimum atomic E-state index is -1.05. The number of carbonyl (C=O) groups is 8. The van der Waals surface area contributed by atoms with Gasteiger partial charge in [0, 0.05) is 96.9 Å². The van der Waals surface area contributed by atoms with Crippen molar-refractivity contribution in [1.29, 1.82) is 0 Å². The van der Waals surface area contributed by atoms with Gasteiger partial charge in [0.05, 0.1) is 110 Å². The quantitative estimate of drug-likeness (QED) is 0.0148. The maximum atomic E-state index is 13.1. The van der Waals surface area contributed by atoms with Crippen molar-refractivity contribution in [3.05, 3.63) is 263 Å². The van der Waals surface area contributed by atoms with Gasteiger partial charge in [-0.05, 0) is 151 Å². The molecule has 0 heterocycles. The Kier molecular flexibility index (Phi) is 41.3. The van der Waals surface area contributed by atoms with E-state index in [-0.39, 0.29) is 128 Å². The zero-order valence-electron chi connectivity index (χ0n) is 67.9. The molecule has 8 rings (SSSR count). The lowest BCUT2D eigenvalue weighted by Crippen LogP contribution is -2.43. The molecule has 117 heavy (non-hydrogen) atoms. The van der Waals surface area contributed by atoms with E-state index in [9.17, 15) is 38.4 Å². The van der Waals surface area contributed by atoms with E-state index in [4.69, 9.17) is 56.8 Å². The highest BCUT2D eigenvalue weighted by atomic mass is 16.6. The molecule has 8 aromatic carbocycles. The third-order valence-corrected chi connectivity index (χ3v) is 18.8. The second kappa shape index (κ2) is 52.7. The molecule has 0 aliphatic heterocycles. The Morgan fingerprint density at radius 1 is 0.231 bits per heavy atom. The molecule has 0 spiro atoms. The van der Waals surface area contributed by atoms with Crippen LogP contribution in [0, 0.1) is 5.41 Å². The van der Waals surface area contributed by atoms with Gasteiger partial charge in [0.15, 0.2) is 23.1 Å². The maximum absolute atomic E-state index is 13.1. The van der Waals surface area contributed by atoms with Gasteiger partial charge >= 0.3 is 23.9 Å². The summed E-state index contributed by atoms with van der Waals surface area (Å²) in [6.45, 7) is 5.82. The first kappa shape index (κ1) is 91.7. The number of nitrogens with zero attached hydrogens (tertiary/aromatic N) is 4. The topological polar surface area (TPSA) is 260 Å². The van der Waals surface area contributed by atoms with E-state index in [2.05, 4.69) is 0 Å². The van der Waals surface area contributed by atoms with Crippen LogP contribution in [0.25, 0.3) is 0 Å². The summed E-state index contributed by atoms with van der Waals surface area (Å²) in [4.78, 5) is 112. The highest BCUT2D eigenvalue weighted by Crippen LogP contribution is 2.24. The average Bonchev–Trinajstić information content (AvgIpc) is 0.865. The molecule has 0 unspecified atom stereocenters. The summed E-state index contributed by atoms with van der Waals surface area (Å²) in [6, 6.07) is 64.6. The number of ketones is 4. The van der Waals surface area contributed by atoms with E-state index >= 15 is 0 Å². The number of hydrogen-bond donors (Lipinski definition) is 0. The van der Waals surface area contributed by atoms with Gasteiger partial charge in [0.2, 0.25) is 0 Å². The lowest BCUT2D eigenvalue weighted by molar-refractivity contribution is -0.151. The first-order valence-corrected chi connectivity index (χ1v) is 40.0. The minimum Gasteiger partial charge on any atom is -0.494 e. The molecule has 0 bridgehead atoms. The van der Waals surface area contributed by atoms with Crippen LogP contribution in [-0.4, -0.2) is 253 Å². The Bertz CT molecular complexity index is 3670. The lowest BCUT2D eigenvalue weighted by Gasteiger charge is -2.33. The lowest BCUT2D eigenvalue weighted by atomic mass is 9.92. The molecule has 0 radical (unpaired) electrons. The molecule has 0 N–H and O–H groups in total. The first-order valence-electron chi connectivity index (χ1n) is 40.0. The van der Waals surface area contributed by atoms with Crippen LogP contribution >= 0.6 is 0 Å².